The van der Waals surface area contributed by atoms with Gasteiger partial charge in [0.15, 0.2) is 0 Å². The van der Waals surface area contributed by atoms with Crippen LogP contribution in [0.4, 0.5) is 0 Å². The number of nitrogens with one attached hydrogen (secondary N) is 1. The second-order valence-corrected chi connectivity index (χ2v) is 9.46. The van der Waals surface area contributed by atoms with Crippen molar-refractivity contribution >= 4 is 29.5 Å². The van der Waals surface area contributed by atoms with Crippen molar-refractivity contribution in [3.05, 3.63) is 89.1 Å². The SMILES string of the molecule is COc1ccc(COC(=O)C2=C(C/C=C/CO)CS[C@H]3[C@H](NC(=O)Cc4ccccc4)C(=O)N23)cc1. The molecule has 36 heavy (non-hydrogen) atoms. The van der Waals surface area contributed by atoms with Gasteiger partial charge in [-0.3, -0.25) is 14.5 Å². The minimum atomic E-state index is -0.704. The van der Waals surface area contributed by atoms with Crippen LogP contribution in [0.5, 0.6) is 5.75 Å². The molecule has 0 unspecified atom stereocenters. The number of benzene rings is 2. The Bertz CT molecular complexity index is 1160. The summed E-state index contributed by atoms with van der Waals surface area (Å²) in [6.07, 6.45) is 3.93. The fraction of sp³-hybridized carbons (Fsp3) is 0.296. The van der Waals surface area contributed by atoms with E-state index in [0.29, 0.717) is 17.9 Å². The molecule has 4 rings (SSSR count). The van der Waals surface area contributed by atoms with Gasteiger partial charge in [0, 0.05) is 5.75 Å². The molecule has 0 radical (unpaired) electrons. The summed E-state index contributed by atoms with van der Waals surface area (Å²) in [4.78, 5) is 40.3. The van der Waals surface area contributed by atoms with Crippen LogP contribution in [-0.2, 0) is 32.1 Å². The summed E-state index contributed by atoms with van der Waals surface area (Å²) in [6.45, 7) is -0.0678. The summed E-state index contributed by atoms with van der Waals surface area (Å²) in [6, 6.07) is 15.8. The van der Waals surface area contributed by atoms with Gasteiger partial charge in [0.25, 0.3) is 5.91 Å². The van der Waals surface area contributed by atoms with Crippen LogP contribution in [0.1, 0.15) is 17.5 Å². The van der Waals surface area contributed by atoms with E-state index in [0.717, 1.165) is 16.7 Å². The van der Waals surface area contributed by atoms with Crippen molar-refractivity contribution in [1.82, 2.24) is 10.2 Å². The molecule has 1 saturated heterocycles. The topological polar surface area (TPSA) is 105 Å². The van der Waals surface area contributed by atoms with Crippen LogP contribution in [0.3, 0.4) is 0 Å². The number of β-lactam (4-membered cyclic amide) rings is 1. The smallest absolute Gasteiger partial charge is 0.355 e. The Morgan fingerprint density at radius 3 is 2.56 bits per heavy atom. The van der Waals surface area contributed by atoms with E-state index >= 15 is 0 Å². The molecule has 8 nitrogen and oxygen atoms in total. The van der Waals surface area contributed by atoms with Crippen molar-refractivity contribution in [2.24, 2.45) is 0 Å². The molecule has 9 heteroatoms. The number of methoxy groups -OCH3 is 1. The van der Waals surface area contributed by atoms with Gasteiger partial charge in [-0.15, -0.1) is 11.8 Å². The van der Waals surface area contributed by atoms with Crippen LogP contribution in [0.2, 0.25) is 0 Å². The number of carbonyl (C=O) groups is 3. The van der Waals surface area contributed by atoms with Gasteiger partial charge >= 0.3 is 5.97 Å². The van der Waals surface area contributed by atoms with Crippen LogP contribution in [0, 0.1) is 0 Å². The first kappa shape index (κ1) is 25.5. The molecule has 2 aromatic carbocycles. The maximum atomic E-state index is 13.2. The number of thioether (sulfide) groups is 1. The second-order valence-electron chi connectivity index (χ2n) is 8.35. The molecule has 188 valence electrons. The molecule has 0 saturated carbocycles. The fourth-order valence-electron chi connectivity index (χ4n) is 4.07. The summed E-state index contributed by atoms with van der Waals surface area (Å²) in [7, 11) is 1.58. The number of allylic oxidation sites excluding steroid dienone is 1. The monoisotopic (exact) mass is 508 g/mol. The summed E-state index contributed by atoms with van der Waals surface area (Å²) in [5.74, 6) is 0.0236. The molecule has 2 heterocycles. The van der Waals surface area contributed by atoms with Gasteiger partial charge in [-0.05, 0) is 35.3 Å². The standard InChI is InChI=1S/C27H28N2O6S/c1-34-21-12-10-19(11-13-21)16-35-27(33)24-20(9-5-6-14-30)17-36-26-23(25(32)29(24)26)28-22(31)15-18-7-3-2-4-8-18/h2-8,10-13,23,26,30H,9,14-17H2,1H3,(H,28,31)/b6-5+/t23-,26+/m1/s1. The molecule has 0 spiro atoms. The lowest BCUT2D eigenvalue weighted by molar-refractivity contribution is -0.153. The second kappa shape index (κ2) is 11.9. The van der Waals surface area contributed by atoms with Crippen molar-refractivity contribution in [3.63, 3.8) is 0 Å². The maximum Gasteiger partial charge on any atom is 0.355 e. The molecule has 0 aliphatic carbocycles. The first-order valence-corrected chi connectivity index (χ1v) is 12.6. The Balaban J connectivity index is 1.46. The van der Waals surface area contributed by atoms with E-state index in [9.17, 15) is 14.4 Å². The first-order valence-electron chi connectivity index (χ1n) is 11.6. The highest BCUT2D eigenvalue weighted by atomic mass is 32.2. The van der Waals surface area contributed by atoms with Crippen LogP contribution < -0.4 is 10.1 Å². The van der Waals surface area contributed by atoms with Gasteiger partial charge in [0.1, 0.15) is 29.5 Å². The molecule has 2 amide bonds. The Hall–Kier alpha value is -3.56. The van der Waals surface area contributed by atoms with Crippen molar-refractivity contribution in [1.29, 1.82) is 0 Å². The van der Waals surface area contributed by atoms with Crippen molar-refractivity contribution in [2.45, 2.75) is 30.9 Å². The lowest BCUT2D eigenvalue weighted by atomic mass is 10.0. The third-order valence-corrected chi connectivity index (χ3v) is 7.27. The molecule has 0 bridgehead atoms. The van der Waals surface area contributed by atoms with E-state index in [2.05, 4.69) is 5.32 Å². The average Bonchev–Trinajstić information content (AvgIpc) is 2.91. The molecule has 2 aliphatic rings. The van der Waals surface area contributed by atoms with E-state index in [1.54, 1.807) is 43.5 Å². The zero-order valence-corrected chi connectivity index (χ0v) is 20.7. The number of rotatable bonds is 10. The predicted molar refractivity (Wildman–Crippen MR) is 136 cm³/mol. The van der Waals surface area contributed by atoms with Crippen LogP contribution >= 0.6 is 11.8 Å². The van der Waals surface area contributed by atoms with Crippen molar-refractivity contribution in [2.75, 3.05) is 19.5 Å². The van der Waals surface area contributed by atoms with Crippen LogP contribution in [0.15, 0.2) is 78.0 Å². The van der Waals surface area contributed by atoms with Gasteiger partial charge in [-0.25, -0.2) is 4.79 Å². The van der Waals surface area contributed by atoms with Crippen molar-refractivity contribution < 1.29 is 29.0 Å². The van der Waals surface area contributed by atoms with E-state index in [-0.39, 0.29) is 42.5 Å². The van der Waals surface area contributed by atoms with Gasteiger partial charge in [-0.1, -0.05) is 54.6 Å². The number of amides is 2. The molecule has 2 atom stereocenters. The minimum Gasteiger partial charge on any atom is -0.497 e. The highest BCUT2D eigenvalue weighted by molar-refractivity contribution is 8.00. The number of nitrogens with zero attached hydrogens (tertiary/aromatic N) is 1. The highest BCUT2D eigenvalue weighted by Crippen LogP contribution is 2.41. The number of ether oxygens (including phenoxy) is 2. The lowest BCUT2D eigenvalue weighted by Gasteiger charge is -2.49. The Morgan fingerprint density at radius 2 is 1.86 bits per heavy atom. The average molecular weight is 509 g/mol. The Labute approximate surface area is 214 Å². The largest absolute Gasteiger partial charge is 0.497 e. The highest BCUT2D eigenvalue weighted by Gasteiger charge is 2.54. The summed E-state index contributed by atoms with van der Waals surface area (Å²) < 4.78 is 10.7. The zero-order valence-electron chi connectivity index (χ0n) is 19.9. The predicted octanol–water partition coefficient (Wildman–Crippen LogP) is 2.57. The number of esters is 1. The van der Waals surface area contributed by atoms with E-state index in [4.69, 9.17) is 14.6 Å². The van der Waals surface area contributed by atoms with Gasteiger partial charge in [-0.2, -0.15) is 0 Å². The van der Waals surface area contributed by atoms with E-state index in [1.165, 1.54) is 16.7 Å². The molecule has 1 fully saturated rings. The lowest BCUT2D eigenvalue weighted by Crippen LogP contribution is -2.70. The summed E-state index contributed by atoms with van der Waals surface area (Å²) >= 11 is 1.49. The number of aliphatic hydroxyl groups excluding tert-OH is 1. The third kappa shape index (κ3) is 5.80. The normalized spacial score (nSPS) is 19.1. The fourth-order valence-corrected chi connectivity index (χ4v) is 5.43. The van der Waals surface area contributed by atoms with Gasteiger partial charge in [0.2, 0.25) is 5.91 Å². The molecule has 2 aliphatic heterocycles. The number of aliphatic hydroxyl groups is 1. The van der Waals surface area contributed by atoms with Crippen LogP contribution in [0.25, 0.3) is 0 Å². The zero-order chi connectivity index (χ0) is 25.5. The number of carbonyl (C=O) groups excluding carboxylic acids is 3. The quantitative estimate of drug-likeness (QED) is 0.289. The number of fused-ring (bicyclic) bond motifs is 1. The maximum absolute atomic E-state index is 13.2. The minimum absolute atomic E-state index is 0.0448. The molecule has 0 aromatic heterocycles. The molecule has 2 N–H and O–H groups in total. The van der Waals surface area contributed by atoms with Gasteiger partial charge in [0.05, 0.1) is 20.1 Å². The Kier molecular flexibility index (Phi) is 8.45. The van der Waals surface area contributed by atoms with Crippen molar-refractivity contribution in [3.8, 4) is 5.75 Å². The molecular formula is C27H28N2O6S. The van der Waals surface area contributed by atoms with E-state index < -0.39 is 12.0 Å². The number of hydrogen-bond acceptors (Lipinski definition) is 7. The molecular weight excluding hydrogens is 480 g/mol. The third-order valence-electron chi connectivity index (χ3n) is 5.93. The Morgan fingerprint density at radius 1 is 1.11 bits per heavy atom. The van der Waals surface area contributed by atoms with Gasteiger partial charge < -0.3 is 19.9 Å². The summed E-state index contributed by atoms with van der Waals surface area (Å²) in [5, 5.41) is 11.5. The molecule has 2 aromatic rings. The first-order chi connectivity index (χ1) is 17.5. The summed E-state index contributed by atoms with van der Waals surface area (Å²) in [5.41, 5.74) is 2.60. The number of hydrogen-bond donors (Lipinski definition) is 2. The van der Waals surface area contributed by atoms with Crippen LogP contribution in [-0.4, -0.2) is 58.7 Å². The van der Waals surface area contributed by atoms with E-state index in [1.807, 2.05) is 30.3 Å².